The number of carbonyl (C=O) groups excluding carboxylic acids is 1. The largest absolute Gasteiger partial charge is 0.398 e. The summed E-state index contributed by atoms with van der Waals surface area (Å²) in [7, 11) is 0. The Kier molecular flexibility index (Phi) is 3.09. The summed E-state index contributed by atoms with van der Waals surface area (Å²) in [5.41, 5.74) is 15.9. The number of fused-ring (bicyclic) bond motifs is 3. The molecule has 6 heteroatoms. The van der Waals surface area contributed by atoms with Crippen LogP contribution in [-0.4, -0.2) is 15.9 Å². The van der Waals surface area contributed by atoms with Gasteiger partial charge in [0.05, 0.1) is 28.7 Å². The van der Waals surface area contributed by atoms with Gasteiger partial charge in [0.15, 0.2) is 0 Å². The fraction of sp³-hybridized carbons (Fsp3) is 0. The molecular formula is C18H15N5O. The molecule has 6 nitrogen and oxygen atoms in total. The van der Waals surface area contributed by atoms with Gasteiger partial charge >= 0.3 is 0 Å². The van der Waals surface area contributed by atoms with E-state index >= 15 is 0 Å². The number of benzene rings is 2. The summed E-state index contributed by atoms with van der Waals surface area (Å²) >= 11 is 0. The van der Waals surface area contributed by atoms with Crippen LogP contribution in [0.2, 0.25) is 0 Å². The average molecular weight is 317 g/mol. The molecule has 0 aliphatic heterocycles. The number of carbonyl (C=O) groups is 1. The van der Waals surface area contributed by atoms with Crippen LogP contribution in [0.25, 0.3) is 21.8 Å². The van der Waals surface area contributed by atoms with Crippen molar-refractivity contribution in [2.45, 2.75) is 0 Å². The number of nitrogens with zero attached hydrogens (tertiary/aromatic N) is 1. The molecule has 0 bridgehead atoms. The van der Waals surface area contributed by atoms with E-state index in [1.54, 1.807) is 42.7 Å². The van der Waals surface area contributed by atoms with E-state index in [1.165, 1.54) is 0 Å². The van der Waals surface area contributed by atoms with E-state index in [0.717, 1.165) is 21.8 Å². The first-order valence-corrected chi connectivity index (χ1v) is 7.45. The summed E-state index contributed by atoms with van der Waals surface area (Å²) in [6, 6.07) is 12.5. The zero-order valence-electron chi connectivity index (χ0n) is 12.7. The highest BCUT2D eigenvalue weighted by Gasteiger charge is 2.14. The van der Waals surface area contributed by atoms with E-state index in [2.05, 4.69) is 15.3 Å². The fourth-order valence-corrected chi connectivity index (χ4v) is 2.87. The van der Waals surface area contributed by atoms with Crippen LogP contribution >= 0.6 is 0 Å². The second-order valence-corrected chi connectivity index (χ2v) is 5.54. The summed E-state index contributed by atoms with van der Waals surface area (Å²) in [4.78, 5) is 19.8. The van der Waals surface area contributed by atoms with Gasteiger partial charge in [0.1, 0.15) is 0 Å². The zero-order valence-corrected chi connectivity index (χ0v) is 12.7. The third-order valence-electron chi connectivity index (χ3n) is 4.06. The Morgan fingerprint density at radius 1 is 1.04 bits per heavy atom. The third-order valence-corrected chi connectivity index (χ3v) is 4.06. The summed E-state index contributed by atoms with van der Waals surface area (Å²) in [5.74, 6) is -0.291. The van der Waals surface area contributed by atoms with Crippen molar-refractivity contribution in [2.24, 2.45) is 0 Å². The van der Waals surface area contributed by atoms with Crippen molar-refractivity contribution >= 4 is 44.8 Å². The molecule has 4 rings (SSSR count). The van der Waals surface area contributed by atoms with Crippen molar-refractivity contribution in [3.05, 3.63) is 60.4 Å². The monoisotopic (exact) mass is 317 g/mol. The maximum atomic E-state index is 12.5. The van der Waals surface area contributed by atoms with E-state index < -0.39 is 0 Å². The van der Waals surface area contributed by atoms with Crippen molar-refractivity contribution in [3.8, 4) is 0 Å². The molecule has 4 aromatic rings. The molecule has 6 N–H and O–H groups in total. The molecule has 0 saturated heterocycles. The van der Waals surface area contributed by atoms with Gasteiger partial charge in [0.25, 0.3) is 5.91 Å². The van der Waals surface area contributed by atoms with Crippen LogP contribution in [0.15, 0.2) is 54.9 Å². The smallest absolute Gasteiger partial charge is 0.257 e. The van der Waals surface area contributed by atoms with Gasteiger partial charge in [-0.3, -0.25) is 9.78 Å². The number of hydrogen-bond acceptors (Lipinski definition) is 4. The van der Waals surface area contributed by atoms with Gasteiger partial charge in [-0.2, -0.15) is 0 Å². The van der Waals surface area contributed by atoms with Crippen LogP contribution in [0.1, 0.15) is 10.4 Å². The predicted molar refractivity (Wildman–Crippen MR) is 96.8 cm³/mol. The van der Waals surface area contributed by atoms with Crippen LogP contribution in [0.3, 0.4) is 0 Å². The predicted octanol–water partition coefficient (Wildman–Crippen LogP) is 3.13. The van der Waals surface area contributed by atoms with E-state index in [1.807, 2.05) is 12.1 Å². The Balaban J connectivity index is 1.80. The van der Waals surface area contributed by atoms with Crippen molar-refractivity contribution in [1.82, 2.24) is 9.97 Å². The average Bonchev–Trinajstić information content (AvgIpc) is 2.97. The number of pyridine rings is 1. The highest BCUT2D eigenvalue weighted by Crippen LogP contribution is 2.34. The number of rotatable bonds is 2. The molecule has 0 radical (unpaired) electrons. The number of H-pyrrole nitrogens is 1. The molecule has 0 aliphatic rings. The standard InChI is InChI=1S/C18H15N5O/c19-12-4-2-1-3-10(12)18(24)23-14-6-5-13-16(17(14)20)11-7-8-21-9-15(11)22-13/h1-9,22H,19-20H2,(H,23,24). The second-order valence-electron chi connectivity index (χ2n) is 5.54. The number of aromatic amines is 1. The molecule has 0 fully saturated rings. The molecule has 0 saturated carbocycles. The summed E-state index contributed by atoms with van der Waals surface area (Å²) in [6.45, 7) is 0. The van der Waals surface area contributed by atoms with Crippen molar-refractivity contribution in [1.29, 1.82) is 0 Å². The molecule has 0 unspecified atom stereocenters. The number of amides is 1. The summed E-state index contributed by atoms with van der Waals surface area (Å²) in [5, 5.41) is 4.67. The first-order chi connectivity index (χ1) is 11.6. The molecule has 0 aliphatic carbocycles. The zero-order chi connectivity index (χ0) is 16.7. The van der Waals surface area contributed by atoms with Gasteiger partial charge in [0.2, 0.25) is 0 Å². The van der Waals surface area contributed by atoms with Gasteiger partial charge in [-0.1, -0.05) is 12.1 Å². The first-order valence-electron chi connectivity index (χ1n) is 7.45. The lowest BCUT2D eigenvalue weighted by atomic mass is 10.1. The fourth-order valence-electron chi connectivity index (χ4n) is 2.87. The van der Waals surface area contributed by atoms with Crippen LogP contribution in [-0.2, 0) is 0 Å². The van der Waals surface area contributed by atoms with Gasteiger partial charge in [-0.05, 0) is 30.3 Å². The quantitative estimate of drug-likeness (QED) is 0.426. The minimum atomic E-state index is -0.291. The van der Waals surface area contributed by atoms with Crippen LogP contribution in [0.4, 0.5) is 17.1 Å². The number of hydrogen-bond donors (Lipinski definition) is 4. The molecule has 118 valence electrons. The normalized spacial score (nSPS) is 11.0. The first kappa shape index (κ1) is 14.1. The highest BCUT2D eigenvalue weighted by atomic mass is 16.1. The third kappa shape index (κ3) is 2.13. The Labute approximate surface area is 137 Å². The summed E-state index contributed by atoms with van der Waals surface area (Å²) in [6.07, 6.45) is 3.46. The number of nitrogen functional groups attached to an aromatic ring is 2. The van der Waals surface area contributed by atoms with Crippen LogP contribution < -0.4 is 16.8 Å². The maximum Gasteiger partial charge on any atom is 0.257 e. The Morgan fingerprint density at radius 2 is 1.88 bits per heavy atom. The maximum absolute atomic E-state index is 12.5. The molecule has 2 aromatic carbocycles. The number of anilines is 3. The number of nitrogens with one attached hydrogen (secondary N) is 2. The lowest BCUT2D eigenvalue weighted by molar-refractivity contribution is 0.102. The molecule has 1 amide bonds. The van der Waals surface area contributed by atoms with Crippen LogP contribution in [0.5, 0.6) is 0 Å². The molecular weight excluding hydrogens is 302 g/mol. The Morgan fingerprint density at radius 3 is 2.71 bits per heavy atom. The molecule has 2 heterocycles. The molecule has 0 spiro atoms. The van der Waals surface area contributed by atoms with Crippen molar-refractivity contribution < 1.29 is 4.79 Å². The minimum Gasteiger partial charge on any atom is -0.398 e. The molecule has 2 aromatic heterocycles. The number of aromatic nitrogens is 2. The topological polar surface area (TPSA) is 110 Å². The minimum absolute atomic E-state index is 0.291. The Bertz CT molecular complexity index is 1080. The van der Waals surface area contributed by atoms with E-state index in [-0.39, 0.29) is 5.91 Å². The highest BCUT2D eigenvalue weighted by molar-refractivity contribution is 6.17. The van der Waals surface area contributed by atoms with E-state index in [0.29, 0.717) is 22.6 Å². The van der Waals surface area contributed by atoms with Crippen molar-refractivity contribution in [3.63, 3.8) is 0 Å². The Hall–Kier alpha value is -3.54. The van der Waals surface area contributed by atoms with Crippen molar-refractivity contribution in [2.75, 3.05) is 16.8 Å². The second kappa shape index (κ2) is 5.27. The van der Waals surface area contributed by atoms with Crippen LogP contribution in [0, 0.1) is 0 Å². The SMILES string of the molecule is Nc1ccccc1C(=O)Nc1ccc2[nH]c3cnccc3c2c1N. The lowest BCUT2D eigenvalue weighted by Gasteiger charge is -2.10. The van der Waals surface area contributed by atoms with Gasteiger partial charge < -0.3 is 21.8 Å². The molecule has 0 atom stereocenters. The molecule has 24 heavy (non-hydrogen) atoms. The number of para-hydroxylation sites is 1. The van der Waals surface area contributed by atoms with E-state index in [4.69, 9.17) is 11.5 Å². The van der Waals surface area contributed by atoms with E-state index in [9.17, 15) is 4.79 Å². The van der Waals surface area contributed by atoms with Gasteiger partial charge in [0, 0.05) is 28.2 Å². The lowest BCUT2D eigenvalue weighted by Crippen LogP contribution is -2.15. The summed E-state index contributed by atoms with van der Waals surface area (Å²) < 4.78 is 0. The van der Waals surface area contributed by atoms with Gasteiger partial charge in [-0.25, -0.2) is 0 Å². The number of nitrogens with two attached hydrogens (primary N) is 2. The van der Waals surface area contributed by atoms with Gasteiger partial charge in [-0.15, -0.1) is 0 Å².